The summed E-state index contributed by atoms with van der Waals surface area (Å²) in [4.78, 5) is 15.5. The standard InChI is InChI=1S/C16H17FN4O/c1-9(6-14(22)20-2)10-7-11(15(19)13(18)8-10)16-12(17)4-3-5-21-16/h3-8H,18-19H2,1-2H3,(H,20,22)/b9-6+. The summed E-state index contributed by atoms with van der Waals surface area (Å²) >= 11 is 0. The molecule has 114 valence electrons. The average molecular weight is 300 g/mol. The lowest BCUT2D eigenvalue weighted by molar-refractivity contribution is -0.116. The van der Waals surface area contributed by atoms with Crippen LogP contribution in [0.3, 0.4) is 0 Å². The fourth-order valence-corrected chi connectivity index (χ4v) is 2.04. The molecule has 0 bridgehead atoms. The molecule has 0 aliphatic heterocycles. The summed E-state index contributed by atoms with van der Waals surface area (Å²) < 4.78 is 13.9. The van der Waals surface area contributed by atoms with Crippen LogP contribution in [0.5, 0.6) is 0 Å². The third-order valence-corrected chi connectivity index (χ3v) is 3.27. The minimum absolute atomic E-state index is 0.126. The number of nitrogen functional groups attached to an aromatic ring is 2. The van der Waals surface area contributed by atoms with Crippen LogP contribution >= 0.6 is 0 Å². The number of aromatic nitrogens is 1. The van der Waals surface area contributed by atoms with Crippen molar-refractivity contribution in [3.8, 4) is 11.3 Å². The molecule has 2 rings (SSSR count). The Bertz CT molecular complexity index is 756. The van der Waals surface area contributed by atoms with Gasteiger partial charge in [0.1, 0.15) is 11.5 Å². The number of nitrogens with one attached hydrogen (secondary N) is 1. The molecule has 1 heterocycles. The molecule has 1 amide bonds. The highest BCUT2D eigenvalue weighted by Crippen LogP contribution is 2.34. The predicted octanol–water partition coefficient (Wildman–Crippen LogP) is 2.20. The molecule has 0 saturated heterocycles. The van der Waals surface area contributed by atoms with E-state index in [2.05, 4.69) is 10.3 Å². The number of hydrogen-bond acceptors (Lipinski definition) is 4. The van der Waals surface area contributed by atoms with Gasteiger partial charge in [0, 0.05) is 24.9 Å². The van der Waals surface area contributed by atoms with Crippen molar-refractivity contribution in [3.05, 3.63) is 47.9 Å². The van der Waals surface area contributed by atoms with Crippen LogP contribution in [0.4, 0.5) is 15.8 Å². The Morgan fingerprint density at radius 2 is 2.09 bits per heavy atom. The molecule has 0 aliphatic rings. The molecule has 0 spiro atoms. The van der Waals surface area contributed by atoms with E-state index in [9.17, 15) is 9.18 Å². The average Bonchev–Trinajstić information content (AvgIpc) is 2.50. The van der Waals surface area contributed by atoms with Gasteiger partial charge in [-0.15, -0.1) is 0 Å². The quantitative estimate of drug-likeness (QED) is 0.598. The summed E-state index contributed by atoms with van der Waals surface area (Å²) in [5.74, 6) is -0.725. The van der Waals surface area contributed by atoms with Gasteiger partial charge in [0.15, 0.2) is 0 Å². The third kappa shape index (κ3) is 3.06. The lowest BCUT2D eigenvalue weighted by Gasteiger charge is -2.12. The van der Waals surface area contributed by atoms with Crippen molar-refractivity contribution >= 4 is 22.9 Å². The lowest BCUT2D eigenvalue weighted by atomic mass is 9.99. The Morgan fingerprint density at radius 3 is 2.73 bits per heavy atom. The molecule has 0 aliphatic carbocycles. The van der Waals surface area contributed by atoms with Crippen LogP contribution in [0.1, 0.15) is 12.5 Å². The Kier molecular flexibility index (Phi) is 4.41. The largest absolute Gasteiger partial charge is 0.397 e. The van der Waals surface area contributed by atoms with Crippen molar-refractivity contribution in [2.24, 2.45) is 0 Å². The van der Waals surface area contributed by atoms with Gasteiger partial charge in [-0.2, -0.15) is 0 Å². The van der Waals surface area contributed by atoms with Gasteiger partial charge in [-0.05, 0) is 42.3 Å². The van der Waals surface area contributed by atoms with E-state index >= 15 is 0 Å². The summed E-state index contributed by atoms with van der Waals surface area (Å²) in [7, 11) is 1.54. The SMILES string of the molecule is CNC(=O)/C=C(\C)c1cc(N)c(N)c(-c2ncccc2F)c1. The Hall–Kier alpha value is -2.89. The van der Waals surface area contributed by atoms with Crippen LogP contribution < -0.4 is 16.8 Å². The molecule has 0 saturated carbocycles. The highest BCUT2D eigenvalue weighted by atomic mass is 19.1. The number of nitrogens with two attached hydrogens (primary N) is 2. The molecule has 5 N–H and O–H groups in total. The number of amides is 1. The number of benzene rings is 1. The van der Waals surface area contributed by atoms with Gasteiger partial charge in [0.05, 0.1) is 11.4 Å². The minimum atomic E-state index is -0.487. The maximum absolute atomic E-state index is 13.9. The first-order chi connectivity index (χ1) is 10.4. The second-order valence-electron chi connectivity index (χ2n) is 4.80. The zero-order valence-corrected chi connectivity index (χ0v) is 12.4. The van der Waals surface area contributed by atoms with E-state index in [1.54, 1.807) is 19.1 Å². The molecule has 1 aromatic carbocycles. The smallest absolute Gasteiger partial charge is 0.244 e. The van der Waals surface area contributed by atoms with Gasteiger partial charge in [0.25, 0.3) is 0 Å². The topological polar surface area (TPSA) is 94.0 Å². The van der Waals surface area contributed by atoms with Crippen molar-refractivity contribution in [1.29, 1.82) is 0 Å². The summed E-state index contributed by atoms with van der Waals surface area (Å²) in [5.41, 5.74) is 14.3. The Labute approximate surface area is 127 Å². The van der Waals surface area contributed by atoms with Gasteiger partial charge in [-0.1, -0.05) is 0 Å². The molecule has 0 fully saturated rings. The van der Waals surface area contributed by atoms with Gasteiger partial charge >= 0.3 is 0 Å². The molecule has 2 aromatic rings. The first-order valence-electron chi connectivity index (χ1n) is 6.64. The fraction of sp³-hybridized carbons (Fsp3) is 0.125. The van der Waals surface area contributed by atoms with Gasteiger partial charge in [0.2, 0.25) is 5.91 Å². The van der Waals surface area contributed by atoms with Crippen LogP contribution in [0, 0.1) is 5.82 Å². The molecule has 22 heavy (non-hydrogen) atoms. The number of carbonyl (C=O) groups excluding carboxylic acids is 1. The van der Waals surface area contributed by atoms with Crippen molar-refractivity contribution in [2.75, 3.05) is 18.5 Å². The number of rotatable bonds is 3. The Balaban J connectivity index is 2.60. The van der Waals surface area contributed by atoms with E-state index in [0.29, 0.717) is 22.4 Å². The molecule has 6 heteroatoms. The first kappa shape index (κ1) is 15.5. The zero-order valence-electron chi connectivity index (χ0n) is 12.4. The first-order valence-corrected chi connectivity index (χ1v) is 6.64. The highest BCUT2D eigenvalue weighted by molar-refractivity contribution is 5.96. The van der Waals surface area contributed by atoms with Gasteiger partial charge < -0.3 is 16.8 Å². The van der Waals surface area contributed by atoms with Crippen LogP contribution in [-0.4, -0.2) is 17.9 Å². The van der Waals surface area contributed by atoms with E-state index in [1.807, 2.05) is 0 Å². The summed E-state index contributed by atoms with van der Waals surface area (Å²) in [5, 5.41) is 2.50. The van der Waals surface area contributed by atoms with E-state index in [1.165, 1.54) is 31.5 Å². The summed E-state index contributed by atoms with van der Waals surface area (Å²) in [6.45, 7) is 1.76. The van der Waals surface area contributed by atoms with E-state index in [4.69, 9.17) is 11.5 Å². The Morgan fingerprint density at radius 1 is 1.36 bits per heavy atom. The molecule has 1 aromatic heterocycles. The predicted molar refractivity (Wildman–Crippen MR) is 86.2 cm³/mol. The molecule has 0 atom stereocenters. The summed E-state index contributed by atoms with van der Waals surface area (Å²) in [6, 6.07) is 6.12. The van der Waals surface area contributed by atoms with Crippen LogP contribution in [0.2, 0.25) is 0 Å². The van der Waals surface area contributed by atoms with Gasteiger partial charge in [-0.3, -0.25) is 9.78 Å². The zero-order chi connectivity index (χ0) is 16.3. The van der Waals surface area contributed by atoms with E-state index < -0.39 is 5.82 Å². The molecular weight excluding hydrogens is 283 g/mol. The number of anilines is 2. The number of halogens is 1. The fourth-order valence-electron chi connectivity index (χ4n) is 2.04. The molecule has 5 nitrogen and oxygen atoms in total. The maximum Gasteiger partial charge on any atom is 0.244 e. The van der Waals surface area contributed by atoms with Crippen molar-refractivity contribution in [1.82, 2.24) is 10.3 Å². The van der Waals surface area contributed by atoms with Gasteiger partial charge in [-0.25, -0.2) is 4.39 Å². The number of hydrogen-bond donors (Lipinski definition) is 3. The third-order valence-electron chi connectivity index (χ3n) is 3.27. The van der Waals surface area contributed by atoms with E-state index in [0.717, 1.165) is 0 Å². The molecule has 0 unspecified atom stereocenters. The van der Waals surface area contributed by atoms with Crippen molar-refractivity contribution in [2.45, 2.75) is 6.92 Å². The number of pyridine rings is 1. The van der Waals surface area contributed by atoms with Crippen LogP contribution in [0.15, 0.2) is 36.5 Å². The second kappa shape index (κ2) is 6.26. The number of nitrogens with zero attached hydrogens (tertiary/aromatic N) is 1. The monoisotopic (exact) mass is 300 g/mol. The summed E-state index contributed by atoms with van der Waals surface area (Å²) in [6.07, 6.45) is 2.91. The minimum Gasteiger partial charge on any atom is -0.397 e. The number of allylic oxidation sites excluding steroid dienone is 1. The number of likely N-dealkylation sites (N-methyl/N-ethyl adjacent to an activating group) is 1. The second-order valence-corrected chi connectivity index (χ2v) is 4.80. The van der Waals surface area contributed by atoms with Crippen LogP contribution in [0.25, 0.3) is 16.8 Å². The normalized spacial score (nSPS) is 11.3. The van der Waals surface area contributed by atoms with Crippen molar-refractivity contribution < 1.29 is 9.18 Å². The van der Waals surface area contributed by atoms with Crippen molar-refractivity contribution in [3.63, 3.8) is 0 Å². The van der Waals surface area contributed by atoms with Crippen LogP contribution in [-0.2, 0) is 4.79 Å². The van der Waals surface area contributed by atoms with E-state index in [-0.39, 0.29) is 17.3 Å². The molecule has 0 radical (unpaired) electrons. The lowest BCUT2D eigenvalue weighted by Crippen LogP contribution is -2.14. The maximum atomic E-state index is 13.9. The highest BCUT2D eigenvalue weighted by Gasteiger charge is 2.14. The number of carbonyl (C=O) groups is 1. The molecular formula is C16H17FN4O.